The average Bonchev–Trinajstić information content (AvgIpc) is 3.21. The van der Waals surface area contributed by atoms with Crippen molar-refractivity contribution in [3.05, 3.63) is 30.3 Å². The maximum atomic E-state index is 12.2. The van der Waals surface area contributed by atoms with E-state index in [-0.39, 0.29) is 6.04 Å². The maximum absolute atomic E-state index is 12.2. The quantitative estimate of drug-likeness (QED) is 0.885. The number of rotatable bonds is 5. The number of hydrogen-bond acceptors (Lipinski definition) is 4. The lowest BCUT2D eigenvalue weighted by atomic mass is 10.2. The van der Waals surface area contributed by atoms with Crippen molar-refractivity contribution in [2.75, 3.05) is 11.9 Å². The van der Waals surface area contributed by atoms with Gasteiger partial charge in [0.1, 0.15) is 5.82 Å². The summed E-state index contributed by atoms with van der Waals surface area (Å²) in [7, 11) is -3.40. The third kappa shape index (κ3) is 2.76. The summed E-state index contributed by atoms with van der Waals surface area (Å²) in [6, 6.07) is 8.88. The van der Waals surface area contributed by atoms with Gasteiger partial charge in [0, 0.05) is 18.0 Å². The van der Waals surface area contributed by atoms with Crippen molar-refractivity contribution in [1.29, 1.82) is 0 Å². The zero-order valence-electron chi connectivity index (χ0n) is 11.3. The number of hydrogen-bond donors (Lipinski definition) is 2. The standard InChI is InChI=1S/C14H17N3O2S/c1-2-15-14-8-3-10-9-12(6-7-13(10)16-14)20(18,19)17-11-4-5-11/h3,6-9,11,17H,2,4-5H2,1H3,(H,15,16). The molecule has 2 aromatic rings. The van der Waals surface area contributed by atoms with Crippen LogP contribution in [0.15, 0.2) is 35.2 Å². The predicted octanol–water partition coefficient (Wildman–Crippen LogP) is 2.11. The highest BCUT2D eigenvalue weighted by atomic mass is 32.2. The number of pyridine rings is 1. The lowest BCUT2D eigenvalue weighted by molar-refractivity contribution is 0.581. The van der Waals surface area contributed by atoms with E-state index in [9.17, 15) is 8.42 Å². The Hall–Kier alpha value is -1.66. The van der Waals surface area contributed by atoms with Crippen LogP contribution in [-0.4, -0.2) is 26.0 Å². The highest BCUT2D eigenvalue weighted by molar-refractivity contribution is 7.89. The van der Waals surface area contributed by atoms with E-state index < -0.39 is 10.0 Å². The Kier molecular flexibility index (Phi) is 3.35. The van der Waals surface area contributed by atoms with Gasteiger partial charge >= 0.3 is 0 Å². The minimum absolute atomic E-state index is 0.116. The van der Waals surface area contributed by atoms with Crippen LogP contribution in [0.4, 0.5) is 5.82 Å². The molecule has 1 fully saturated rings. The van der Waals surface area contributed by atoms with Crippen molar-refractivity contribution >= 4 is 26.7 Å². The molecule has 0 amide bonds. The molecule has 0 atom stereocenters. The first-order valence-corrected chi connectivity index (χ1v) is 8.24. The molecule has 106 valence electrons. The number of nitrogens with zero attached hydrogens (tertiary/aromatic N) is 1. The van der Waals surface area contributed by atoms with Gasteiger partial charge in [-0.3, -0.25) is 0 Å². The van der Waals surface area contributed by atoms with Gasteiger partial charge in [-0.1, -0.05) is 0 Å². The minimum Gasteiger partial charge on any atom is -0.370 e. The molecule has 0 saturated heterocycles. The van der Waals surface area contributed by atoms with E-state index in [1.165, 1.54) is 0 Å². The van der Waals surface area contributed by atoms with E-state index in [1.54, 1.807) is 18.2 Å². The Morgan fingerprint density at radius 2 is 2.05 bits per heavy atom. The van der Waals surface area contributed by atoms with Gasteiger partial charge in [-0.25, -0.2) is 18.1 Å². The van der Waals surface area contributed by atoms with Crippen LogP contribution >= 0.6 is 0 Å². The highest BCUT2D eigenvalue weighted by Gasteiger charge is 2.27. The summed E-state index contributed by atoms with van der Waals surface area (Å²) in [5.41, 5.74) is 0.786. The van der Waals surface area contributed by atoms with E-state index in [4.69, 9.17) is 0 Å². The Morgan fingerprint density at radius 1 is 1.25 bits per heavy atom. The van der Waals surface area contributed by atoms with E-state index in [1.807, 2.05) is 19.1 Å². The van der Waals surface area contributed by atoms with Crippen LogP contribution in [-0.2, 0) is 10.0 Å². The van der Waals surface area contributed by atoms with Gasteiger partial charge in [-0.15, -0.1) is 0 Å². The first kappa shape index (κ1) is 13.3. The van der Waals surface area contributed by atoms with E-state index in [2.05, 4.69) is 15.0 Å². The van der Waals surface area contributed by atoms with Gasteiger partial charge < -0.3 is 5.32 Å². The van der Waals surface area contributed by atoms with Crippen LogP contribution in [0.25, 0.3) is 10.9 Å². The number of fused-ring (bicyclic) bond motifs is 1. The second kappa shape index (κ2) is 5.03. The van der Waals surface area contributed by atoms with Crippen molar-refractivity contribution in [1.82, 2.24) is 9.71 Å². The second-order valence-electron chi connectivity index (χ2n) is 4.98. The van der Waals surface area contributed by atoms with Crippen LogP contribution in [0.5, 0.6) is 0 Å². The van der Waals surface area contributed by atoms with Crippen LogP contribution in [0.1, 0.15) is 19.8 Å². The molecule has 1 aromatic heterocycles. The molecule has 0 spiro atoms. The highest BCUT2D eigenvalue weighted by Crippen LogP contribution is 2.24. The predicted molar refractivity (Wildman–Crippen MR) is 79.3 cm³/mol. The van der Waals surface area contributed by atoms with Gasteiger partial charge in [-0.2, -0.15) is 0 Å². The van der Waals surface area contributed by atoms with Crippen LogP contribution in [0, 0.1) is 0 Å². The smallest absolute Gasteiger partial charge is 0.240 e. The summed E-state index contributed by atoms with van der Waals surface area (Å²) in [4.78, 5) is 4.74. The number of aromatic nitrogens is 1. The SMILES string of the molecule is CCNc1ccc2cc(S(=O)(=O)NC3CC3)ccc2n1. The topological polar surface area (TPSA) is 71.1 Å². The Labute approximate surface area is 118 Å². The van der Waals surface area contributed by atoms with Gasteiger partial charge in [-0.05, 0) is 50.1 Å². The molecule has 1 heterocycles. The first-order chi connectivity index (χ1) is 9.58. The molecule has 3 rings (SSSR count). The zero-order chi connectivity index (χ0) is 14.2. The molecule has 5 nitrogen and oxygen atoms in total. The second-order valence-corrected chi connectivity index (χ2v) is 6.69. The molecule has 6 heteroatoms. The molecule has 0 unspecified atom stereocenters. The number of anilines is 1. The fraction of sp³-hybridized carbons (Fsp3) is 0.357. The first-order valence-electron chi connectivity index (χ1n) is 6.75. The molecule has 1 aromatic carbocycles. The molecule has 1 aliphatic rings. The zero-order valence-corrected chi connectivity index (χ0v) is 12.1. The van der Waals surface area contributed by atoms with Gasteiger partial charge in [0.25, 0.3) is 0 Å². The summed E-state index contributed by atoms with van der Waals surface area (Å²) in [6.45, 7) is 2.81. The summed E-state index contributed by atoms with van der Waals surface area (Å²) >= 11 is 0. The van der Waals surface area contributed by atoms with Crippen LogP contribution in [0.2, 0.25) is 0 Å². The normalized spacial score (nSPS) is 15.4. The number of nitrogens with one attached hydrogen (secondary N) is 2. The molecule has 20 heavy (non-hydrogen) atoms. The number of sulfonamides is 1. The van der Waals surface area contributed by atoms with Gasteiger partial charge in [0.15, 0.2) is 0 Å². The lowest BCUT2D eigenvalue weighted by Gasteiger charge is -2.08. The fourth-order valence-electron chi connectivity index (χ4n) is 2.04. The van der Waals surface area contributed by atoms with Crippen molar-refractivity contribution in [2.45, 2.75) is 30.7 Å². The Bertz CT molecular complexity index is 739. The molecule has 1 saturated carbocycles. The van der Waals surface area contributed by atoms with Crippen molar-refractivity contribution in [3.8, 4) is 0 Å². The molecular formula is C14H17N3O2S. The lowest BCUT2D eigenvalue weighted by Crippen LogP contribution is -2.25. The molecule has 0 aliphatic heterocycles. The Morgan fingerprint density at radius 3 is 2.75 bits per heavy atom. The van der Waals surface area contributed by atoms with Gasteiger partial charge in [0.05, 0.1) is 10.4 Å². The third-order valence-electron chi connectivity index (χ3n) is 3.23. The monoisotopic (exact) mass is 291 g/mol. The molecule has 0 radical (unpaired) electrons. The van der Waals surface area contributed by atoms with Crippen LogP contribution < -0.4 is 10.0 Å². The number of benzene rings is 1. The summed E-state index contributed by atoms with van der Waals surface area (Å²) < 4.78 is 27.0. The Balaban J connectivity index is 1.96. The minimum atomic E-state index is -3.40. The molecular weight excluding hydrogens is 274 g/mol. The maximum Gasteiger partial charge on any atom is 0.240 e. The summed E-state index contributed by atoms with van der Waals surface area (Å²) in [5, 5.41) is 3.96. The van der Waals surface area contributed by atoms with E-state index in [0.29, 0.717) is 4.90 Å². The molecule has 0 bridgehead atoms. The van der Waals surface area contributed by atoms with Gasteiger partial charge in [0.2, 0.25) is 10.0 Å². The fourth-order valence-corrected chi connectivity index (χ4v) is 3.38. The molecule has 2 N–H and O–H groups in total. The van der Waals surface area contributed by atoms with Crippen molar-refractivity contribution in [2.24, 2.45) is 0 Å². The summed E-state index contributed by atoms with van der Waals surface area (Å²) in [5.74, 6) is 0.798. The van der Waals surface area contributed by atoms with E-state index in [0.717, 1.165) is 36.1 Å². The van der Waals surface area contributed by atoms with Crippen molar-refractivity contribution in [3.63, 3.8) is 0 Å². The molecule has 1 aliphatic carbocycles. The third-order valence-corrected chi connectivity index (χ3v) is 4.75. The van der Waals surface area contributed by atoms with Crippen LogP contribution in [0.3, 0.4) is 0 Å². The van der Waals surface area contributed by atoms with Crippen molar-refractivity contribution < 1.29 is 8.42 Å². The largest absolute Gasteiger partial charge is 0.370 e. The van der Waals surface area contributed by atoms with E-state index >= 15 is 0 Å². The summed E-state index contributed by atoms with van der Waals surface area (Å²) in [6.07, 6.45) is 1.86. The average molecular weight is 291 g/mol.